The molecule has 0 unspecified atom stereocenters. The number of hydrogen-bond donors (Lipinski definition) is 2. The summed E-state index contributed by atoms with van der Waals surface area (Å²) < 4.78 is 18.0. The number of hydrogen-bond acceptors (Lipinski definition) is 5. The normalized spacial score (nSPS) is 10.4. The molecule has 0 saturated carbocycles. The number of imide groups is 1. The van der Waals surface area contributed by atoms with Gasteiger partial charge in [-0.1, -0.05) is 12.1 Å². The van der Waals surface area contributed by atoms with Crippen molar-refractivity contribution in [1.82, 2.24) is 5.32 Å². The van der Waals surface area contributed by atoms with Gasteiger partial charge in [0.15, 0.2) is 6.61 Å². The van der Waals surface area contributed by atoms with E-state index in [9.17, 15) is 18.8 Å². The number of nitrogens with one attached hydrogen (secondary N) is 2. The summed E-state index contributed by atoms with van der Waals surface area (Å²) in [5.74, 6) is -2.18. The van der Waals surface area contributed by atoms with Crippen molar-refractivity contribution in [3.63, 3.8) is 0 Å². The van der Waals surface area contributed by atoms with Gasteiger partial charge in [-0.2, -0.15) is 11.3 Å². The molecule has 0 aliphatic rings. The van der Waals surface area contributed by atoms with Crippen molar-refractivity contribution in [2.75, 3.05) is 11.9 Å². The molecular formula is C16H13FN2O4S. The van der Waals surface area contributed by atoms with Crippen molar-refractivity contribution in [3.8, 4) is 0 Å². The van der Waals surface area contributed by atoms with Gasteiger partial charge in [0.25, 0.3) is 5.91 Å². The molecule has 24 heavy (non-hydrogen) atoms. The lowest BCUT2D eigenvalue weighted by atomic mass is 10.3. The number of amides is 3. The Labute approximate surface area is 140 Å². The molecule has 0 saturated heterocycles. The van der Waals surface area contributed by atoms with Crippen LogP contribution in [0, 0.1) is 5.82 Å². The zero-order valence-electron chi connectivity index (χ0n) is 12.3. The Kier molecular flexibility index (Phi) is 6.21. The summed E-state index contributed by atoms with van der Waals surface area (Å²) in [4.78, 5) is 34.5. The van der Waals surface area contributed by atoms with Crippen LogP contribution in [0.1, 0.15) is 5.56 Å². The van der Waals surface area contributed by atoms with Gasteiger partial charge in [-0.25, -0.2) is 14.0 Å². The minimum atomic E-state index is -0.921. The molecule has 0 radical (unpaired) electrons. The smallest absolute Gasteiger partial charge is 0.331 e. The number of ether oxygens (including phenoxy) is 1. The molecule has 2 N–H and O–H groups in total. The Morgan fingerprint density at radius 1 is 1.21 bits per heavy atom. The first-order chi connectivity index (χ1) is 11.5. The maximum absolute atomic E-state index is 13.3. The second-order valence-electron chi connectivity index (χ2n) is 4.48. The van der Waals surface area contributed by atoms with Crippen molar-refractivity contribution in [2.45, 2.75) is 0 Å². The fraction of sp³-hybridized carbons (Fsp3) is 0.0625. The summed E-state index contributed by atoms with van der Waals surface area (Å²) in [7, 11) is 0. The Morgan fingerprint density at radius 3 is 2.71 bits per heavy atom. The van der Waals surface area contributed by atoms with Gasteiger partial charge in [-0.15, -0.1) is 0 Å². The number of halogens is 1. The highest BCUT2D eigenvalue weighted by atomic mass is 32.1. The zero-order valence-corrected chi connectivity index (χ0v) is 13.1. The van der Waals surface area contributed by atoms with Crippen molar-refractivity contribution in [1.29, 1.82) is 0 Å². The van der Waals surface area contributed by atoms with E-state index in [4.69, 9.17) is 0 Å². The van der Waals surface area contributed by atoms with Crippen molar-refractivity contribution < 1.29 is 23.5 Å². The molecule has 0 aliphatic heterocycles. The van der Waals surface area contributed by atoms with E-state index in [1.807, 2.05) is 22.1 Å². The molecule has 6 nitrogen and oxygen atoms in total. The average Bonchev–Trinajstić information content (AvgIpc) is 3.06. The van der Waals surface area contributed by atoms with E-state index in [2.05, 4.69) is 10.1 Å². The van der Waals surface area contributed by atoms with Crippen molar-refractivity contribution >= 4 is 41.0 Å². The van der Waals surface area contributed by atoms with Crippen molar-refractivity contribution in [2.24, 2.45) is 0 Å². The van der Waals surface area contributed by atoms with Gasteiger partial charge in [0, 0.05) is 6.08 Å². The maximum Gasteiger partial charge on any atom is 0.331 e. The third-order valence-electron chi connectivity index (χ3n) is 2.68. The van der Waals surface area contributed by atoms with Crippen LogP contribution >= 0.6 is 11.3 Å². The van der Waals surface area contributed by atoms with Gasteiger partial charge in [0.1, 0.15) is 5.82 Å². The summed E-state index contributed by atoms with van der Waals surface area (Å²) in [5.41, 5.74) is 0.768. The van der Waals surface area contributed by atoms with E-state index in [1.165, 1.54) is 41.7 Å². The quantitative estimate of drug-likeness (QED) is 0.643. The first kappa shape index (κ1) is 17.4. The molecule has 2 rings (SSSR count). The molecule has 124 valence electrons. The van der Waals surface area contributed by atoms with E-state index in [-0.39, 0.29) is 5.69 Å². The molecule has 0 aliphatic carbocycles. The van der Waals surface area contributed by atoms with Gasteiger partial charge in [0.2, 0.25) is 0 Å². The van der Waals surface area contributed by atoms with Gasteiger partial charge in [0.05, 0.1) is 5.69 Å². The number of esters is 1. The highest BCUT2D eigenvalue weighted by Gasteiger charge is 2.11. The third kappa shape index (κ3) is 5.65. The molecule has 1 heterocycles. The second-order valence-corrected chi connectivity index (χ2v) is 5.26. The van der Waals surface area contributed by atoms with E-state index in [0.29, 0.717) is 0 Å². The van der Waals surface area contributed by atoms with Gasteiger partial charge >= 0.3 is 12.0 Å². The largest absolute Gasteiger partial charge is 0.452 e. The van der Waals surface area contributed by atoms with Gasteiger partial charge in [-0.3, -0.25) is 10.1 Å². The van der Waals surface area contributed by atoms with E-state index in [0.717, 1.165) is 5.56 Å². The standard InChI is InChI=1S/C16H13FN2O4S/c17-12-3-1-2-4-13(12)18-16(22)19-14(20)9-23-15(21)6-5-11-7-8-24-10-11/h1-8,10H,9H2,(H2,18,19,20,22)/b6-5+. The number of carbonyl (C=O) groups excluding carboxylic acids is 3. The number of carbonyl (C=O) groups is 3. The highest BCUT2D eigenvalue weighted by molar-refractivity contribution is 7.08. The van der Waals surface area contributed by atoms with Crippen LogP contribution in [0.2, 0.25) is 0 Å². The summed E-state index contributed by atoms with van der Waals surface area (Å²) in [6.45, 7) is -0.627. The fourth-order valence-electron chi connectivity index (χ4n) is 1.60. The summed E-state index contributed by atoms with van der Waals surface area (Å²) in [6, 6.07) is 6.39. The first-order valence-corrected chi connectivity index (χ1v) is 7.71. The van der Waals surface area contributed by atoms with Crippen LogP contribution in [0.25, 0.3) is 6.08 Å². The topological polar surface area (TPSA) is 84.5 Å². The molecule has 2 aromatic rings. The number of anilines is 1. The van der Waals surface area contributed by atoms with Crippen LogP contribution in [-0.2, 0) is 14.3 Å². The first-order valence-electron chi connectivity index (χ1n) is 6.77. The Morgan fingerprint density at radius 2 is 2.00 bits per heavy atom. The average molecular weight is 348 g/mol. The van der Waals surface area contributed by atoms with Crippen LogP contribution in [0.15, 0.2) is 47.2 Å². The molecule has 8 heteroatoms. The molecule has 1 aromatic carbocycles. The highest BCUT2D eigenvalue weighted by Crippen LogP contribution is 2.11. The van der Waals surface area contributed by atoms with E-state index >= 15 is 0 Å². The summed E-state index contributed by atoms with van der Waals surface area (Å²) in [5, 5.41) is 7.79. The van der Waals surface area contributed by atoms with Crippen LogP contribution in [0.4, 0.5) is 14.9 Å². The Bertz CT molecular complexity index is 759. The van der Waals surface area contributed by atoms with E-state index in [1.54, 1.807) is 6.08 Å². The number of benzene rings is 1. The van der Waals surface area contributed by atoms with Crippen LogP contribution in [-0.4, -0.2) is 24.5 Å². The van der Waals surface area contributed by atoms with Crippen LogP contribution in [0.3, 0.4) is 0 Å². The molecule has 0 bridgehead atoms. The Hall–Kier alpha value is -3.00. The van der Waals surface area contributed by atoms with Crippen molar-refractivity contribution in [3.05, 3.63) is 58.5 Å². The lowest BCUT2D eigenvalue weighted by Gasteiger charge is -2.07. The minimum Gasteiger partial charge on any atom is -0.452 e. The lowest BCUT2D eigenvalue weighted by Crippen LogP contribution is -2.37. The molecule has 0 atom stereocenters. The maximum atomic E-state index is 13.3. The number of urea groups is 1. The van der Waals surface area contributed by atoms with Gasteiger partial charge < -0.3 is 10.1 Å². The monoisotopic (exact) mass is 348 g/mol. The molecule has 0 fully saturated rings. The number of thiophene rings is 1. The minimum absolute atomic E-state index is 0.0708. The lowest BCUT2D eigenvalue weighted by molar-refractivity contribution is -0.143. The molecule has 1 aromatic heterocycles. The molecule has 0 spiro atoms. The number of para-hydroxylation sites is 1. The van der Waals surface area contributed by atoms with Crippen LogP contribution in [0.5, 0.6) is 0 Å². The fourth-order valence-corrected chi connectivity index (χ4v) is 2.23. The Balaban J connectivity index is 1.73. The molecular weight excluding hydrogens is 335 g/mol. The summed E-state index contributed by atoms with van der Waals surface area (Å²) in [6.07, 6.45) is 2.72. The molecule has 3 amide bonds. The predicted molar refractivity (Wildman–Crippen MR) is 87.9 cm³/mol. The second kappa shape index (κ2) is 8.59. The number of rotatable bonds is 5. The van der Waals surface area contributed by atoms with E-state index < -0.39 is 30.3 Å². The van der Waals surface area contributed by atoms with Crippen LogP contribution < -0.4 is 10.6 Å². The van der Waals surface area contributed by atoms with Gasteiger partial charge in [-0.05, 0) is 40.6 Å². The predicted octanol–water partition coefficient (Wildman–Crippen LogP) is 2.79. The third-order valence-corrected chi connectivity index (χ3v) is 3.38. The SMILES string of the molecule is O=C(COC(=O)/C=C/c1ccsc1)NC(=O)Nc1ccccc1F. The zero-order chi connectivity index (χ0) is 17.4. The summed E-state index contributed by atoms with van der Waals surface area (Å²) >= 11 is 1.48.